The molecule has 0 aliphatic rings. The number of H-pyrrole nitrogens is 1. The molecule has 0 aliphatic heterocycles. The van der Waals surface area contributed by atoms with E-state index in [0.717, 1.165) is 31.7 Å². The van der Waals surface area contributed by atoms with Crippen LogP contribution in [-0.4, -0.2) is 35.2 Å². The Morgan fingerprint density at radius 1 is 1.21 bits per heavy atom. The van der Waals surface area contributed by atoms with E-state index in [1.165, 1.54) is 29.8 Å². The van der Waals surface area contributed by atoms with Crippen LogP contribution in [0.25, 0.3) is 21.6 Å². The fourth-order valence-corrected chi connectivity index (χ4v) is 7.48. The molecule has 0 unspecified atom stereocenters. The first-order valence-corrected chi connectivity index (χ1v) is 13.3. The number of nitrogens with one attached hydrogen (secondary N) is 1. The van der Waals surface area contributed by atoms with E-state index in [-0.39, 0.29) is 9.77 Å². The summed E-state index contributed by atoms with van der Waals surface area (Å²) in [6.45, 7) is 0. The van der Waals surface area contributed by atoms with Gasteiger partial charge in [-0.05, 0) is 23.6 Å². The zero-order chi connectivity index (χ0) is 20.8. The molecule has 4 aromatic rings. The van der Waals surface area contributed by atoms with E-state index in [1.807, 2.05) is 17.5 Å². The van der Waals surface area contributed by atoms with Gasteiger partial charge < -0.3 is 14.8 Å². The van der Waals surface area contributed by atoms with Crippen molar-refractivity contribution in [1.82, 2.24) is 9.97 Å². The van der Waals surface area contributed by atoms with Crippen LogP contribution in [0.2, 0.25) is 0 Å². The van der Waals surface area contributed by atoms with E-state index < -0.39 is 23.8 Å². The molecule has 0 bridgehead atoms. The number of aromatic nitrogens is 2. The van der Waals surface area contributed by atoms with Crippen molar-refractivity contribution in [2.24, 2.45) is 0 Å². The van der Waals surface area contributed by atoms with Crippen molar-refractivity contribution >= 4 is 56.9 Å². The van der Waals surface area contributed by atoms with Gasteiger partial charge in [-0.2, -0.15) is 0 Å². The fraction of sp³-hybridized carbons (Fsp3) is 0.118. The van der Waals surface area contributed by atoms with E-state index >= 15 is 0 Å². The van der Waals surface area contributed by atoms with Gasteiger partial charge in [-0.15, -0.1) is 22.7 Å². The maximum absolute atomic E-state index is 13.2. The minimum Gasteiger partial charge on any atom is -0.351 e. The normalized spacial score (nSPS) is 12.5. The average Bonchev–Trinajstić information content (AvgIpc) is 3.38. The lowest BCUT2D eigenvalue weighted by Crippen LogP contribution is -2.27. The molecule has 12 heteroatoms. The van der Waals surface area contributed by atoms with Crippen molar-refractivity contribution in [1.29, 1.82) is 0 Å². The van der Waals surface area contributed by atoms with Crippen molar-refractivity contribution in [3.05, 3.63) is 52.2 Å². The Morgan fingerprint density at radius 3 is 2.69 bits per heavy atom. The zero-order valence-corrected chi connectivity index (χ0v) is 18.4. The van der Waals surface area contributed by atoms with Crippen LogP contribution in [0, 0.1) is 0 Å². The number of hydrogen-bond donors (Lipinski definition) is 3. The van der Waals surface area contributed by atoms with E-state index in [2.05, 4.69) is 9.97 Å². The highest BCUT2D eigenvalue weighted by atomic mass is 32.2. The lowest BCUT2D eigenvalue weighted by molar-refractivity contribution is 0.372. The number of rotatable bonds is 6. The van der Waals surface area contributed by atoms with Crippen molar-refractivity contribution < 1.29 is 22.8 Å². The first-order valence-electron chi connectivity index (χ1n) is 8.28. The molecule has 0 aliphatic carbocycles. The molecule has 4 rings (SSSR count). The second-order valence-corrected chi connectivity index (χ2v) is 11.7. The SMILES string of the molecule is CN(c1cccc2cc(-c3nccs3)[nH]c12)S(=O)(=O)c1ccsc1CP(=O)(O)O. The fourth-order valence-electron chi connectivity index (χ4n) is 3.01. The van der Waals surface area contributed by atoms with Gasteiger partial charge in [-0.3, -0.25) is 8.87 Å². The summed E-state index contributed by atoms with van der Waals surface area (Å²) in [5.74, 6) is 0. The third-order valence-corrected chi connectivity index (χ3v) is 8.98. The van der Waals surface area contributed by atoms with Crippen LogP contribution in [0.1, 0.15) is 4.88 Å². The van der Waals surface area contributed by atoms with Gasteiger partial charge >= 0.3 is 7.60 Å². The minimum absolute atomic E-state index is 0.1000. The number of fused-ring (bicyclic) bond motifs is 1. The van der Waals surface area contributed by atoms with Gasteiger partial charge in [-0.25, -0.2) is 13.4 Å². The molecular weight excluding hydrogens is 453 g/mol. The molecule has 3 aromatic heterocycles. The number of para-hydroxylation sites is 1. The van der Waals surface area contributed by atoms with Crippen molar-refractivity contribution in [2.45, 2.75) is 11.1 Å². The number of anilines is 1. The minimum atomic E-state index is -4.40. The predicted octanol–water partition coefficient (Wildman–Crippen LogP) is 3.86. The number of aromatic amines is 1. The Kier molecular flexibility index (Phi) is 5.14. The topological polar surface area (TPSA) is 124 Å². The van der Waals surface area contributed by atoms with Crippen molar-refractivity contribution in [3.8, 4) is 10.7 Å². The number of nitrogens with zero attached hydrogens (tertiary/aromatic N) is 2. The van der Waals surface area contributed by atoms with Crippen LogP contribution >= 0.6 is 30.3 Å². The Balaban J connectivity index is 1.78. The zero-order valence-electron chi connectivity index (χ0n) is 15.0. The number of hydrogen-bond acceptors (Lipinski definition) is 6. The summed E-state index contributed by atoms with van der Waals surface area (Å²) in [5, 5.41) is 4.99. The van der Waals surface area contributed by atoms with Crippen LogP contribution in [-0.2, 0) is 20.8 Å². The number of thiazole rings is 1. The molecule has 0 spiro atoms. The second-order valence-electron chi connectivity index (χ2n) is 6.26. The molecule has 0 saturated heterocycles. The summed E-state index contributed by atoms with van der Waals surface area (Å²) < 4.78 is 39.0. The molecule has 152 valence electrons. The maximum atomic E-state index is 13.2. The molecule has 8 nitrogen and oxygen atoms in total. The molecule has 3 N–H and O–H groups in total. The second kappa shape index (κ2) is 7.35. The van der Waals surface area contributed by atoms with Crippen LogP contribution in [0.4, 0.5) is 5.69 Å². The molecule has 0 fully saturated rings. The Morgan fingerprint density at radius 2 is 2.00 bits per heavy atom. The molecule has 0 saturated carbocycles. The molecule has 0 radical (unpaired) electrons. The third kappa shape index (κ3) is 3.89. The van der Waals surface area contributed by atoms with Gasteiger partial charge in [-0.1, -0.05) is 12.1 Å². The van der Waals surface area contributed by atoms with E-state index in [4.69, 9.17) is 0 Å². The first-order chi connectivity index (χ1) is 13.7. The number of sulfonamides is 1. The van der Waals surface area contributed by atoms with Gasteiger partial charge in [0.05, 0.1) is 23.1 Å². The van der Waals surface area contributed by atoms with E-state index in [1.54, 1.807) is 18.3 Å². The van der Waals surface area contributed by atoms with Crippen molar-refractivity contribution in [3.63, 3.8) is 0 Å². The summed E-state index contributed by atoms with van der Waals surface area (Å²) in [6, 6.07) is 8.58. The molecule has 0 amide bonds. The predicted molar refractivity (Wildman–Crippen MR) is 115 cm³/mol. The van der Waals surface area contributed by atoms with Crippen molar-refractivity contribution in [2.75, 3.05) is 11.4 Å². The largest absolute Gasteiger partial charge is 0.351 e. The van der Waals surface area contributed by atoms with Gasteiger partial charge in [0.15, 0.2) is 0 Å². The van der Waals surface area contributed by atoms with Crippen LogP contribution in [0.5, 0.6) is 0 Å². The smallest absolute Gasteiger partial charge is 0.330 e. The monoisotopic (exact) mass is 469 g/mol. The van der Waals surface area contributed by atoms with E-state index in [0.29, 0.717) is 11.2 Å². The summed E-state index contributed by atoms with van der Waals surface area (Å²) >= 11 is 2.48. The third-order valence-electron chi connectivity index (χ3n) is 4.33. The van der Waals surface area contributed by atoms with E-state index in [9.17, 15) is 22.8 Å². The number of benzene rings is 1. The molecular formula is C17H16N3O5PS3. The first kappa shape index (κ1) is 20.3. The lowest BCUT2D eigenvalue weighted by Gasteiger charge is -2.20. The molecule has 1 aromatic carbocycles. The molecule has 29 heavy (non-hydrogen) atoms. The molecule has 0 atom stereocenters. The van der Waals surface area contributed by atoms with Gasteiger partial charge in [0.1, 0.15) is 9.90 Å². The Labute approximate surface area is 174 Å². The average molecular weight is 470 g/mol. The highest BCUT2D eigenvalue weighted by Crippen LogP contribution is 2.43. The maximum Gasteiger partial charge on any atom is 0.330 e. The van der Waals surface area contributed by atoms with Gasteiger partial charge in [0.2, 0.25) is 0 Å². The van der Waals surface area contributed by atoms with Crippen LogP contribution < -0.4 is 4.31 Å². The number of thiophene rings is 1. The molecule has 3 heterocycles. The highest BCUT2D eigenvalue weighted by Gasteiger charge is 2.29. The van der Waals surface area contributed by atoms with Gasteiger partial charge in [0, 0.05) is 28.9 Å². The Hall–Kier alpha value is -2.01. The lowest BCUT2D eigenvalue weighted by atomic mass is 10.2. The summed E-state index contributed by atoms with van der Waals surface area (Å²) in [5.41, 5.74) is 1.85. The summed E-state index contributed by atoms with van der Waals surface area (Å²) in [6.07, 6.45) is 1.08. The van der Waals surface area contributed by atoms with Crippen LogP contribution in [0.3, 0.4) is 0 Å². The van der Waals surface area contributed by atoms with Crippen LogP contribution in [0.15, 0.2) is 52.2 Å². The van der Waals surface area contributed by atoms with Gasteiger partial charge in [0.25, 0.3) is 10.0 Å². The standard InChI is InChI=1S/C17H16N3O5PS3/c1-20(29(24,25)15-5-7-27-14(15)10-26(21,22)23)13-4-2-3-11-9-12(19-16(11)13)17-18-6-8-28-17/h2-9,19H,10H2,1H3,(H2,21,22,23). The Bertz CT molecular complexity index is 1320. The highest BCUT2D eigenvalue weighted by molar-refractivity contribution is 7.93. The quantitative estimate of drug-likeness (QED) is 0.369. The summed E-state index contributed by atoms with van der Waals surface area (Å²) in [4.78, 5) is 26.1. The summed E-state index contributed by atoms with van der Waals surface area (Å²) in [7, 11) is -7.00.